The lowest BCUT2D eigenvalue weighted by atomic mass is 10.2. The van der Waals surface area contributed by atoms with Gasteiger partial charge in [0, 0.05) is 6.07 Å². The molecule has 0 saturated carbocycles. The summed E-state index contributed by atoms with van der Waals surface area (Å²) in [6.45, 7) is 3.09. The molecule has 1 aromatic carbocycles. The zero-order valence-electron chi connectivity index (χ0n) is 11.4. The molecule has 22 heavy (non-hydrogen) atoms. The molecule has 0 saturated heterocycles. The van der Waals surface area contributed by atoms with Crippen LogP contribution in [0.25, 0.3) is 0 Å². The van der Waals surface area contributed by atoms with Gasteiger partial charge in [-0.05, 0) is 29.8 Å². The quantitative estimate of drug-likeness (QED) is 0.652. The summed E-state index contributed by atoms with van der Waals surface area (Å²) in [5.41, 5.74) is -0.563. The van der Waals surface area contributed by atoms with Gasteiger partial charge in [0.05, 0.1) is 16.4 Å². The Morgan fingerprint density at radius 1 is 1.27 bits per heavy atom. The second kappa shape index (κ2) is 6.07. The van der Waals surface area contributed by atoms with E-state index in [9.17, 15) is 22.4 Å². The first-order valence-corrected chi connectivity index (χ1v) is 6.86. The largest absolute Gasteiger partial charge is 0.319 e. The molecule has 4 nitrogen and oxygen atoms in total. The third kappa shape index (κ3) is 2.85. The molecule has 0 aliphatic heterocycles. The van der Waals surface area contributed by atoms with Crippen LogP contribution in [0.5, 0.6) is 0 Å². The predicted molar refractivity (Wildman–Crippen MR) is 74.3 cm³/mol. The number of hydrogen-bond donors (Lipinski definition) is 1. The van der Waals surface area contributed by atoms with Crippen molar-refractivity contribution in [2.24, 2.45) is 0 Å². The van der Waals surface area contributed by atoms with Crippen molar-refractivity contribution in [2.75, 3.05) is 5.32 Å². The molecule has 1 amide bonds. The van der Waals surface area contributed by atoms with Gasteiger partial charge in [-0.25, -0.2) is 17.6 Å². The maximum absolute atomic E-state index is 13.5. The van der Waals surface area contributed by atoms with E-state index in [1.165, 1.54) is 17.8 Å². The third-order valence-electron chi connectivity index (χ3n) is 3.09. The monoisotopic (exact) mass is 379 g/mol. The predicted octanol–water partition coefficient (Wildman–Crippen LogP) is 3.71. The fourth-order valence-corrected chi connectivity index (χ4v) is 2.09. The summed E-state index contributed by atoms with van der Waals surface area (Å²) >= 11 is 3.21. The van der Waals surface area contributed by atoms with Crippen LogP contribution in [0.1, 0.15) is 18.7 Å². The SMILES string of the molecule is Cc1c(Br)cnn1[C@@H](C)C(=O)Nc1c(F)c(F)cc(F)c1F. The molecule has 0 fully saturated rings. The van der Waals surface area contributed by atoms with Gasteiger partial charge in [0.25, 0.3) is 0 Å². The van der Waals surface area contributed by atoms with Gasteiger partial charge in [-0.1, -0.05) is 0 Å². The number of benzene rings is 1. The maximum atomic E-state index is 13.5. The summed E-state index contributed by atoms with van der Waals surface area (Å²) < 4.78 is 55.2. The molecule has 0 aliphatic carbocycles. The Labute approximate surface area is 131 Å². The van der Waals surface area contributed by atoms with Crippen molar-refractivity contribution in [1.82, 2.24) is 9.78 Å². The van der Waals surface area contributed by atoms with Crippen LogP contribution < -0.4 is 5.32 Å². The number of amides is 1. The fourth-order valence-electron chi connectivity index (χ4n) is 1.81. The molecule has 0 radical (unpaired) electrons. The van der Waals surface area contributed by atoms with Crippen LogP contribution in [0, 0.1) is 30.2 Å². The van der Waals surface area contributed by atoms with Crippen LogP contribution in [-0.2, 0) is 4.79 Å². The van der Waals surface area contributed by atoms with Gasteiger partial charge in [0.1, 0.15) is 11.7 Å². The first kappa shape index (κ1) is 16.5. The van der Waals surface area contributed by atoms with Crippen LogP contribution in [0.2, 0.25) is 0 Å². The smallest absolute Gasteiger partial charge is 0.249 e. The van der Waals surface area contributed by atoms with Gasteiger partial charge in [0.15, 0.2) is 23.3 Å². The molecular weight excluding hydrogens is 370 g/mol. The van der Waals surface area contributed by atoms with Crippen molar-refractivity contribution in [3.05, 3.63) is 45.7 Å². The van der Waals surface area contributed by atoms with Crippen molar-refractivity contribution in [3.8, 4) is 0 Å². The van der Waals surface area contributed by atoms with Crippen molar-refractivity contribution in [3.63, 3.8) is 0 Å². The van der Waals surface area contributed by atoms with Gasteiger partial charge in [0.2, 0.25) is 5.91 Å². The number of carbonyl (C=O) groups excluding carboxylic acids is 1. The van der Waals surface area contributed by atoms with E-state index < -0.39 is 40.9 Å². The minimum Gasteiger partial charge on any atom is -0.319 e. The number of nitrogens with one attached hydrogen (secondary N) is 1. The molecule has 0 aliphatic rings. The third-order valence-corrected chi connectivity index (χ3v) is 3.87. The number of halogens is 5. The highest BCUT2D eigenvalue weighted by atomic mass is 79.9. The molecular formula is C13H10BrF4N3O. The molecule has 2 aromatic rings. The van der Waals surface area contributed by atoms with Crippen molar-refractivity contribution < 1.29 is 22.4 Å². The summed E-state index contributed by atoms with van der Waals surface area (Å²) in [6.07, 6.45) is 1.45. The zero-order chi connectivity index (χ0) is 16.6. The van der Waals surface area contributed by atoms with Gasteiger partial charge >= 0.3 is 0 Å². The average molecular weight is 380 g/mol. The van der Waals surface area contributed by atoms with Gasteiger partial charge in [-0.2, -0.15) is 5.10 Å². The van der Waals surface area contributed by atoms with Crippen LogP contribution in [0.3, 0.4) is 0 Å². The summed E-state index contributed by atoms with van der Waals surface area (Å²) in [7, 11) is 0. The molecule has 9 heteroatoms. The molecule has 1 heterocycles. The zero-order valence-corrected chi connectivity index (χ0v) is 13.0. The standard InChI is InChI=1S/C13H10BrF4N3O/c1-5-7(14)4-19-21(5)6(2)13(22)20-12-10(17)8(15)3-9(16)11(12)18/h3-4,6H,1-2H3,(H,20,22)/t6-/m0/s1. The van der Waals surface area contributed by atoms with E-state index in [1.54, 1.807) is 6.92 Å². The summed E-state index contributed by atoms with van der Waals surface area (Å²) in [5.74, 6) is -7.41. The lowest BCUT2D eigenvalue weighted by molar-refractivity contribution is -0.119. The first-order valence-electron chi connectivity index (χ1n) is 6.07. The molecule has 118 valence electrons. The van der Waals surface area contributed by atoms with Gasteiger partial charge < -0.3 is 5.32 Å². The molecule has 1 N–H and O–H groups in total. The number of aromatic nitrogens is 2. The Balaban J connectivity index is 2.32. The van der Waals surface area contributed by atoms with E-state index in [1.807, 2.05) is 5.32 Å². The lowest BCUT2D eigenvalue weighted by Gasteiger charge is -2.15. The fraction of sp³-hybridized carbons (Fsp3) is 0.231. The number of rotatable bonds is 3. The Morgan fingerprint density at radius 3 is 2.27 bits per heavy atom. The summed E-state index contributed by atoms with van der Waals surface area (Å²) in [4.78, 5) is 12.0. The number of carbonyl (C=O) groups is 1. The van der Waals surface area contributed by atoms with Crippen LogP contribution in [0.15, 0.2) is 16.7 Å². The Kier molecular flexibility index (Phi) is 4.55. The number of hydrogen-bond acceptors (Lipinski definition) is 2. The van der Waals surface area contributed by atoms with E-state index in [-0.39, 0.29) is 6.07 Å². The highest BCUT2D eigenvalue weighted by molar-refractivity contribution is 9.10. The molecule has 1 atom stereocenters. The van der Waals surface area contributed by atoms with Crippen molar-refractivity contribution in [1.29, 1.82) is 0 Å². The molecule has 1 aromatic heterocycles. The molecule has 0 spiro atoms. The van der Waals surface area contributed by atoms with E-state index in [0.29, 0.717) is 10.2 Å². The van der Waals surface area contributed by atoms with Crippen LogP contribution in [0.4, 0.5) is 23.2 Å². The Bertz CT molecular complexity index is 721. The number of anilines is 1. The summed E-state index contributed by atoms with van der Waals surface area (Å²) in [5, 5.41) is 5.78. The minimum atomic E-state index is -1.67. The molecule has 0 unspecified atom stereocenters. The number of nitrogens with zero attached hydrogens (tertiary/aromatic N) is 2. The summed E-state index contributed by atoms with van der Waals surface area (Å²) in [6, 6.07) is -0.880. The van der Waals surface area contributed by atoms with Crippen LogP contribution >= 0.6 is 15.9 Å². The van der Waals surface area contributed by atoms with Crippen molar-refractivity contribution in [2.45, 2.75) is 19.9 Å². The average Bonchev–Trinajstić information content (AvgIpc) is 2.80. The molecule has 2 rings (SSSR count). The highest BCUT2D eigenvalue weighted by Crippen LogP contribution is 2.25. The van der Waals surface area contributed by atoms with E-state index in [2.05, 4.69) is 21.0 Å². The first-order chi connectivity index (χ1) is 10.2. The minimum absolute atomic E-state index is 0.0680. The Hall–Kier alpha value is -1.90. The highest BCUT2D eigenvalue weighted by Gasteiger charge is 2.24. The van der Waals surface area contributed by atoms with Gasteiger partial charge in [-0.3, -0.25) is 9.48 Å². The second-order valence-corrected chi connectivity index (χ2v) is 5.39. The lowest BCUT2D eigenvalue weighted by Crippen LogP contribution is -2.26. The van der Waals surface area contributed by atoms with E-state index in [0.717, 1.165) is 0 Å². The topological polar surface area (TPSA) is 46.9 Å². The van der Waals surface area contributed by atoms with Crippen molar-refractivity contribution >= 4 is 27.5 Å². The second-order valence-electron chi connectivity index (χ2n) is 4.53. The normalized spacial score (nSPS) is 12.3. The Morgan fingerprint density at radius 2 is 1.82 bits per heavy atom. The molecule has 0 bridgehead atoms. The van der Waals surface area contributed by atoms with E-state index in [4.69, 9.17) is 0 Å². The van der Waals surface area contributed by atoms with Gasteiger partial charge in [-0.15, -0.1) is 0 Å². The maximum Gasteiger partial charge on any atom is 0.249 e. The van der Waals surface area contributed by atoms with Crippen LogP contribution in [-0.4, -0.2) is 15.7 Å². The van der Waals surface area contributed by atoms with E-state index >= 15 is 0 Å².